The van der Waals surface area contributed by atoms with Crippen molar-refractivity contribution in [2.45, 2.75) is 19.0 Å². The fourth-order valence-corrected chi connectivity index (χ4v) is 3.15. The molecule has 0 bridgehead atoms. The summed E-state index contributed by atoms with van der Waals surface area (Å²) in [5.41, 5.74) is 2.42. The fraction of sp³-hybridized carbons (Fsp3) is 0.222. The van der Waals surface area contributed by atoms with E-state index in [-0.39, 0.29) is 22.8 Å². The molecule has 0 unspecified atom stereocenters. The summed E-state index contributed by atoms with van der Waals surface area (Å²) in [4.78, 5) is 36.2. The summed E-state index contributed by atoms with van der Waals surface area (Å²) < 4.78 is 38.4. The van der Waals surface area contributed by atoms with E-state index in [9.17, 15) is 32.9 Å². The maximum Gasteiger partial charge on any atom is 0.416 e. The van der Waals surface area contributed by atoms with Gasteiger partial charge in [0.15, 0.2) is 0 Å². The van der Waals surface area contributed by atoms with Gasteiger partial charge in [-0.05, 0) is 36.8 Å². The number of anilines is 2. The van der Waals surface area contributed by atoms with Crippen LogP contribution >= 0.6 is 11.6 Å². The largest absolute Gasteiger partial charge is 0.416 e. The Kier molecular flexibility index (Phi) is 5.83. The molecule has 2 amide bonds. The average molecular weight is 443 g/mol. The highest BCUT2D eigenvalue weighted by atomic mass is 35.5. The van der Waals surface area contributed by atoms with E-state index in [2.05, 4.69) is 10.9 Å². The predicted octanol–water partition coefficient (Wildman–Crippen LogP) is 4.15. The van der Waals surface area contributed by atoms with Crippen molar-refractivity contribution < 1.29 is 27.7 Å². The molecule has 1 aliphatic rings. The lowest BCUT2D eigenvalue weighted by atomic mass is 10.1. The minimum Gasteiger partial charge on any atom is -0.312 e. The maximum atomic E-state index is 12.8. The van der Waals surface area contributed by atoms with Crippen LogP contribution in [0.15, 0.2) is 36.4 Å². The molecule has 30 heavy (non-hydrogen) atoms. The van der Waals surface area contributed by atoms with Crippen LogP contribution in [0.2, 0.25) is 5.02 Å². The second-order valence-electron chi connectivity index (χ2n) is 6.38. The van der Waals surface area contributed by atoms with Gasteiger partial charge in [-0.2, -0.15) is 13.2 Å². The lowest BCUT2D eigenvalue weighted by molar-refractivity contribution is -0.384. The van der Waals surface area contributed by atoms with Gasteiger partial charge < -0.3 is 4.90 Å². The first-order chi connectivity index (χ1) is 14.1. The Morgan fingerprint density at radius 3 is 2.53 bits per heavy atom. The quantitative estimate of drug-likeness (QED) is 0.534. The van der Waals surface area contributed by atoms with Crippen LogP contribution in [0.25, 0.3) is 0 Å². The molecule has 1 heterocycles. The number of hydrogen-bond acceptors (Lipinski definition) is 5. The van der Waals surface area contributed by atoms with Gasteiger partial charge in [-0.15, -0.1) is 0 Å². The number of hydrogen-bond donors (Lipinski definition) is 2. The first kappa shape index (κ1) is 21.4. The Bertz CT molecular complexity index is 1030. The number of carbonyl (C=O) groups is 2. The van der Waals surface area contributed by atoms with Gasteiger partial charge in [0, 0.05) is 24.1 Å². The molecule has 1 aliphatic heterocycles. The summed E-state index contributed by atoms with van der Waals surface area (Å²) in [6.45, 7) is 0.400. The second kappa shape index (κ2) is 8.19. The molecule has 2 aromatic carbocycles. The number of alkyl halides is 3. The zero-order valence-electron chi connectivity index (χ0n) is 15.1. The Balaban J connectivity index is 1.85. The number of nitro groups is 1. The van der Waals surface area contributed by atoms with Crippen molar-refractivity contribution in [3.63, 3.8) is 0 Å². The van der Waals surface area contributed by atoms with Crippen molar-refractivity contribution in [2.75, 3.05) is 16.9 Å². The van der Waals surface area contributed by atoms with Crippen molar-refractivity contribution >= 4 is 40.5 Å². The molecular formula is C18H14ClF3N4O4. The average Bonchev–Trinajstić information content (AvgIpc) is 3.10. The smallest absolute Gasteiger partial charge is 0.312 e. The highest BCUT2D eigenvalue weighted by Crippen LogP contribution is 2.35. The van der Waals surface area contributed by atoms with Gasteiger partial charge in [0.1, 0.15) is 5.69 Å². The van der Waals surface area contributed by atoms with Gasteiger partial charge in [-0.1, -0.05) is 11.6 Å². The molecule has 0 spiro atoms. The summed E-state index contributed by atoms with van der Waals surface area (Å²) in [5.74, 6) is -0.937. The number of halogens is 4. The van der Waals surface area contributed by atoms with Crippen LogP contribution in [0, 0.1) is 10.1 Å². The minimum absolute atomic E-state index is 0.0664. The van der Waals surface area contributed by atoms with Crippen molar-refractivity contribution in [1.82, 2.24) is 5.43 Å². The standard InChI is InChI=1S/C18H14ClF3N4O4/c19-11-4-5-12(14(9-11)25-7-1-2-16(25)27)17(28)24-23-13-6-3-10(18(20,21)22)8-15(13)26(29)30/h3-6,8-9,23H,1-2,7H2,(H,24,28). The number of nitrogens with one attached hydrogen (secondary N) is 2. The van der Waals surface area contributed by atoms with Crippen molar-refractivity contribution in [1.29, 1.82) is 0 Å². The van der Waals surface area contributed by atoms with E-state index in [1.165, 1.54) is 23.1 Å². The summed E-state index contributed by atoms with van der Waals surface area (Å²) in [6.07, 6.45) is -3.82. The van der Waals surface area contributed by atoms with Gasteiger partial charge in [0.2, 0.25) is 5.91 Å². The van der Waals surface area contributed by atoms with Crippen LogP contribution in [0.1, 0.15) is 28.8 Å². The maximum absolute atomic E-state index is 12.8. The van der Waals surface area contributed by atoms with Crippen molar-refractivity contribution in [3.05, 3.63) is 62.7 Å². The van der Waals surface area contributed by atoms with Crippen molar-refractivity contribution in [2.24, 2.45) is 0 Å². The predicted molar refractivity (Wildman–Crippen MR) is 102 cm³/mol. The van der Waals surface area contributed by atoms with Crippen LogP contribution in [-0.2, 0) is 11.0 Å². The third kappa shape index (κ3) is 4.46. The fourth-order valence-electron chi connectivity index (χ4n) is 2.98. The Morgan fingerprint density at radius 2 is 1.93 bits per heavy atom. The van der Waals surface area contributed by atoms with E-state index in [1.807, 2.05) is 0 Å². The number of rotatable bonds is 5. The zero-order valence-corrected chi connectivity index (χ0v) is 15.9. The summed E-state index contributed by atoms with van der Waals surface area (Å²) in [7, 11) is 0. The highest BCUT2D eigenvalue weighted by molar-refractivity contribution is 6.31. The Labute approximate surface area is 172 Å². The molecule has 1 saturated heterocycles. The number of nitrogens with zero attached hydrogens (tertiary/aromatic N) is 2. The van der Waals surface area contributed by atoms with Crippen LogP contribution in [0.4, 0.5) is 30.2 Å². The Morgan fingerprint density at radius 1 is 1.20 bits per heavy atom. The summed E-state index contributed by atoms with van der Waals surface area (Å²) >= 11 is 5.98. The van der Waals surface area contributed by atoms with Gasteiger partial charge in [-0.3, -0.25) is 30.6 Å². The van der Waals surface area contributed by atoms with E-state index >= 15 is 0 Å². The van der Waals surface area contributed by atoms with Gasteiger partial charge >= 0.3 is 6.18 Å². The molecule has 158 valence electrons. The molecule has 0 atom stereocenters. The second-order valence-corrected chi connectivity index (χ2v) is 6.81. The molecular weight excluding hydrogens is 429 g/mol. The Hall–Kier alpha value is -3.34. The number of amides is 2. The van der Waals surface area contributed by atoms with Gasteiger partial charge in [0.05, 0.1) is 21.7 Å². The van der Waals surface area contributed by atoms with Gasteiger partial charge in [0.25, 0.3) is 11.6 Å². The third-order valence-electron chi connectivity index (χ3n) is 4.40. The SMILES string of the molecule is O=C(NNc1ccc(C(F)(F)F)cc1[N+](=O)[O-])c1ccc(Cl)cc1N1CCCC1=O. The molecule has 0 aliphatic carbocycles. The van der Waals surface area contributed by atoms with Gasteiger partial charge in [-0.25, -0.2) is 0 Å². The normalized spacial score (nSPS) is 14.0. The molecule has 0 saturated carbocycles. The minimum atomic E-state index is -4.76. The summed E-state index contributed by atoms with van der Waals surface area (Å²) in [6, 6.07) is 6.11. The molecule has 1 fully saturated rings. The lowest BCUT2D eigenvalue weighted by Gasteiger charge is -2.20. The number of benzene rings is 2. The van der Waals surface area contributed by atoms with Crippen LogP contribution in [0.5, 0.6) is 0 Å². The summed E-state index contributed by atoms with van der Waals surface area (Å²) in [5, 5.41) is 11.4. The molecule has 0 radical (unpaired) electrons. The first-order valence-corrected chi connectivity index (χ1v) is 8.97. The van der Waals surface area contributed by atoms with E-state index in [1.54, 1.807) is 0 Å². The molecule has 8 nitrogen and oxygen atoms in total. The van der Waals surface area contributed by atoms with E-state index in [0.717, 1.165) is 6.07 Å². The number of nitro benzene ring substituents is 1. The van der Waals surface area contributed by atoms with E-state index in [0.29, 0.717) is 36.5 Å². The van der Waals surface area contributed by atoms with Crippen LogP contribution in [0.3, 0.4) is 0 Å². The number of carbonyl (C=O) groups excluding carboxylic acids is 2. The third-order valence-corrected chi connectivity index (χ3v) is 4.64. The topological polar surface area (TPSA) is 105 Å². The van der Waals surface area contributed by atoms with Crippen LogP contribution < -0.4 is 15.8 Å². The van der Waals surface area contributed by atoms with Crippen LogP contribution in [-0.4, -0.2) is 23.3 Å². The van der Waals surface area contributed by atoms with Crippen molar-refractivity contribution in [3.8, 4) is 0 Å². The molecule has 2 N–H and O–H groups in total. The van der Waals surface area contributed by atoms with E-state index in [4.69, 9.17) is 11.6 Å². The molecule has 2 aromatic rings. The first-order valence-electron chi connectivity index (χ1n) is 8.60. The molecule has 12 heteroatoms. The zero-order chi connectivity index (χ0) is 22.1. The monoisotopic (exact) mass is 442 g/mol. The van der Waals surface area contributed by atoms with E-state index < -0.39 is 28.3 Å². The highest BCUT2D eigenvalue weighted by Gasteiger charge is 2.33. The number of hydrazine groups is 1. The molecule has 3 rings (SSSR count). The molecule has 0 aromatic heterocycles. The lowest BCUT2D eigenvalue weighted by Crippen LogP contribution is -2.33.